The Hall–Kier alpha value is -2.30. The van der Waals surface area contributed by atoms with E-state index in [9.17, 15) is 9.18 Å². The predicted molar refractivity (Wildman–Crippen MR) is 73.0 cm³/mol. The Morgan fingerprint density at radius 2 is 1.80 bits per heavy atom. The molecule has 4 nitrogen and oxygen atoms in total. The number of hydrogen-bond donors (Lipinski definition) is 1. The van der Waals surface area contributed by atoms with E-state index in [1.54, 1.807) is 32.9 Å². The van der Waals surface area contributed by atoms with E-state index in [1.807, 2.05) is 0 Å². The molecule has 0 amide bonds. The number of carbonyl (C=O) groups is 1. The number of rotatable bonds is 3. The number of aliphatic carboxylic acids is 1. The van der Waals surface area contributed by atoms with Crippen LogP contribution in [0.5, 0.6) is 0 Å². The molecule has 0 aliphatic heterocycles. The van der Waals surface area contributed by atoms with Crippen LogP contribution in [0.3, 0.4) is 0 Å². The van der Waals surface area contributed by atoms with Crippen LogP contribution in [0.15, 0.2) is 18.2 Å². The van der Waals surface area contributed by atoms with Gasteiger partial charge in [-0.05, 0) is 44.5 Å². The summed E-state index contributed by atoms with van der Waals surface area (Å²) in [6.07, 6.45) is -0.0968. The summed E-state index contributed by atoms with van der Waals surface area (Å²) in [6.45, 7) is 5.19. The fourth-order valence-corrected chi connectivity index (χ4v) is 2.06. The first kappa shape index (κ1) is 14.1. The van der Waals surface area contributed by atoms with E-state index in [0.717, 1.165) is 5.56 Å². The van der Waals surface area contributed by atoms with Gasteiger partial charge in [0.25, 0.3) is 0 Å². The third-order valence-corrected chi connectivity index (χ3v) is 3.16. The first-order valence-electron chi connectivity index (χ1n) is 6.21. The molecule has 0 aliphatic rings. The Morgan fingerprint density at radius 3 is 2.30 bits per heavy atom. The van der Waals surface area contributed by atoms with Crippen LogP contribution in [0, 0.1) is 26.6 Å². The quantitative estimate of drug-likeness (QED) is 0.934. The third kappa shape index (κ3) is 2.82. The smallest absolute Gasteiger partial charge is 0.307 e. The molecule has 0 bridgehead atoms. The second-order valence-corrected chi connectivity index (χ2v) is 4.73. The van der Waals surface area contributed by atoms with Crippen molar-refractivity contribution in [1.82, 2.24) is 9.97 Å². The van der Waals surface area contributed by atoms with E-state index < -0.39 is 5.97 Å². The van der Waals surface area contributed by atoms with Gasteiger partial charge in [0.2, 0.25) is 0 Å². The average Bonchev–Trinajstić information content (AvgIpc) is 2.36. The molecule has 0 spiro atoms. The second kappa shape index (κ2) is 5.36. The summed E-state index contributed by atoms with van der Waals surface area (Å²) >= 11 is 0. The van der Waals surface area contributed by atoms with Crippen molar-refractivity contribution in [3.8, 4) is 11.4 Å². The van der Waals surface area contributed by atoms with Crippen molar-refractivity contribution in [3.63, 3.8) is 0 Å². The van der Waals surface area contributed by atoms with Crippen LogP contribution in [0.4, 0.5) is 4.39 Å². The number of carboxylic acid groups (broad SMARTS) is 1. The molecule has 0 aliphatic carbocycles. The van der Waals surface area contributed by atoms with Crippen LogP contribution >= 0.6 is 0 Å². The van der Waals surface area contributed by atoms with Gasteiger partial charge in [0, 0.05) is 22.5 Å². The first-order valence-corrected chi connectivity index (χ1v) is 6.21. The fraction of sp³-hybridized carbons (Fsp3) is 0.267. The molecule has 1 N–H and O–H groups in total. The van der Waals surface area contributed by atoms with E-state index in [4.69, 9.17) is 5.11 Å². The Kier molecular flexibility index (Phi) is 3.79. The van der Waals surface area contributed by atoms with Gasteiger partial charge in [-0.1, -0.05) is 0 Å². The Bertz CT molecular complexity index is 661. The maximum Gasteiger partial charge on any atom is 0.307 e. The first-order chi connectivity index (χ1) is 9.38. The Balaban J connectivity index is 2.48. The summed E-state index contributed by atoms with van der Waals surface area (Å²) in [4.78, 5) is 19.5. The number of aromatic nitrogens is 2. The van der Waals surface area contributed by atoms with E-state index >= 15 is 0 Å². The summed E-state index contributed by atoms with van der Waals surface area (Å²) in [6, 6.07) is 4.68. The maximum absolute atomic E-state index is 13.3. The minimum absolute atomic E-state index is 0.0968. The highest BCUT2D eigenvalue weighted by Gasteiger charge is 2.13. The van der Waals surface area contributed by atoms with E-state index in [2.05, 4.69) is 9.97 Å². The minimum atomic E-state index is -0.912. The Morgan fingerprint density at radius 1 is 1.20 bits per heavy atom. The van der Waals surface area contributed by atoms with Gasteiger partial charge in [0.15, 0.2) is 5.82 Å². The lowest BCUT2D eigenvalue weighted by Crippen LogP contribution is -2.08. The number of hydrogen-bond acceptors (Lipinski definition) is 3. The monoisotopic (exact) mass is 274 g/mol. The molecule has 0 saturated heterocycles. The molecule has 0 fully saturated rings. The van der Waals surface area contributed by atoms with Gasteiger partial charge in [-0.25, -0.2) is 14.4 Å². The lowest BCUT2D eigenvalue weighted by molar-refractivity contribution is -0.136. The lowest BCUT2D eigenvalue weighted by Gasteiger charge is -2.10. The van der Waals surface area contributed by atoms with Gasteiger partial charge < -0.3 is 5.11 Å². The highest BCUT2D eigenvalue weighted by Crippen LogP contribution is 2.21. The zero-order valence-corrected chi connectivity index (χ0v) is 11.6. The number of halogens is 1. The van der Waals surface area contributed by atoms with Gasteiger partial charge in [0.05, 0.1) is 6.42 Å². The summed E-state index contributed by atoms with van der Waals surface area (Å²) in [5.41, 5.74) is 3.14. The molecular formula is C15H15FN2O2. The van der Waals surface area contributed by atoms with E-state index in [1.165, 1.54) is 6.07 Å². The van der Waals surface area contributed by atoms with Crippen molar-refractivity contribution in [2.75, 3.05) is 0 Å². The molecule has 1 aromatic carbocycles. The molecule has 2 aromatic rings. The fourth-order valence-electron chi connectivity index (χ4n) is 2.06. The molecule has 1 heterocycles. The normalized spacial score (nSPS) is 10.6. The van der Waals surface area contributed by atoms with Crippen LogP contribution in [0.1, 0.15) is 22.5 Å². The van der Waals surface area contributed by atoms with Crippen molar-refractivity contribution >= 4 is 5.97 Å². The van der Waals surface area contributed by atoms with Crippen molar-refractivity contribution in [1.29, 1.82) is 0 Å². The second-order valence-electron chi connectivity index (χ2n) is 4.73. The van der Waals surface area contributed by atoms with Gasteiger partial charge in [-0.3, -0.25) is 4.79 Å². The van der Waals surface area contributed by atoms with Crippen molar-refractivity contribution < 1.29 is 14.3 Å². The summed E-state index contributed by atoms with van der Waals surface area (Å²) in [5.74, 6) is -0.702. The van der Waals surface area contributed by atoms with Crippen molar-refractivity contribution in [2.24, 2.45) is 0 Å². The van der Waals surface area contributed by atoms with Gasteiger partial charge in [-0.15, -0.1) is 0 Å². The average molecular weight is 274 g/mol. The number of carboxylic acids is 1. The molecule has 5 heteroatoms. The zero-order valence-electron chi connectivity index (χ0n) is 11.6. The van der Waals surface area contributed by atoms with Crippen molar-refractivity contribution in [2.45, 2.75) is 27.2 Å². The molecule has 1 aromatic heterocycles. The third-order valence-electron chi connectivity index (χ3n) is 3.16. The predicted octanol–water partition coefficient (Wildman–Crippen LogP) is 2.84. The molecule has 104 valence electrons. The number of aryl methyl sites for hydroxylation is 3. The lowest BCUT2D eigenvalue weighted by atomic mass is 10.1. The van der Waals surface area contributed by atoms with Gasteiger partial charge >= 0.3 is 5.97 Å². The largest absolute Gasteiger partial charge is 0.481 e. The highest BCUT2D eigenvalue weighted by molar-refractivity contribution is 5.71. The zero-order chi connectivity index (χ0) is 14.9. The van der Waals surface area contributed by atoms with E-state index in [-0.39, 0.29) is 12.2 Å². The Labute approximate surface area is 116 Å². The minimum Gasteiger partial charge on any atom is -0.481 e. The molecule has 20 heavy (non-hydrogen) atoms. The molecule has 0 unspecified atom stereocenters. The number of nitrogens with zero attached hydrogens (tertiary/aromatic N) is 2. The summed E-state index contributed by atoms with van der Waals surface area (Å²) < 4.78 is 13.3. The standard InChI is InChI=1S/C15H15FN2O2/c1-8-6-11(4-5-13(8)16)15-17-9(2)12(7-14(19)20)10(3)18-15/h4-6H,7H2,1-3H3,(H,19,20). The molecule has 2 rings (SSSR count). The topological polar surface area (TPSA) is 63.1 Å². The summed E-state index contributed by atoms with van der Waals surface area (Å²) in [5, 5.41) is 8.87. The van der Waals surface area contributed by atoms with Crippen LogP contribution in [0.2, 0.25) is 0 Å². The SMILES string of the molecule is Cc1cc(-c2nc(C)c(CC(=O)O)c(C)n2)ccc1F. The molecule has 0 atom stereocenters. The number of benzene rings is 1. The molecular weight excluding hydrogens is 259 g/mol. The van der Waals surface area contributed by atoms with Crippen LogP contribution < -0.4 is 0 Å². The molecule has 0 radical (unpaired) electrons. The van der Waals surface area contributed by atoms with Gasteiger partial charge in [0.1, 0.15) is 5.82 Å². The summed E-state index contributed by atoms with van der Waals surface area (Å²) in [7, 11) is 0. The molecule has 0 saturated carbocycles. The van der Waals surface area contributed by atoms with Crippen LogP contribution in [0.25, 0.3) is 11.4 Å². The van der Waals surface area contributed by atoms with Crippen LogP contribution in [-0.2, 0) is 11.2 Å². The van der Waals surface area contributed by atoms with E-state index in [0.29, 0.717) is 28.3 Å². The highest BCUT2D eigenvalue weighted by atomic mass is 19.1. The van der Waals surface area contributed by atoms with Crippen LogP contribution in [-0.4, -0.2) is 21.0 Å². The maximum atomic E-state index is 13.3. The van der Waals surface area contributed by atoms with Gasteiger partial charge in [-0.2, -0.15) is 0 Å². The van der Waals surface area contributed by atoms with Crippen molar-refractivity contribution in [3.05, 3.63) is 46.5 Å².